The Morgan fingerprint density at radius 1 is 1.32 bits per heavy atom. The van der Waals surface area contributed by atoms with Gasteiger partial charge in [0.05, 0.1) is 12.2 Å². The number of esters is 1. The lowest BCUT2D eigenvalue weighted by Crippen LogP contribution is -2.21. The summed E-state index contributed by atoms with van der Waals surface area (Å²) in [6.45, 7) is 3.64. The molecule has 0 radical (unpaired) electrons. The Morgan fingerprint density at radius 2 is 2.11 bits per heavy atom. The number of thiophene rings is 1. The van der Waals surface area contributed by atoms with E-state index in [0.717, 1.165) is 41.8 Å². The molecule has 1 amide bonds. The molecule has 0 bridgehead atoms. The normalized spacial score (nSPS) is 15.6. The molecule has 5 nitrogen and oxygen atoms in total. The minimum absolute atomic E-state index is 0.221. The van der Waals surface area contributed by atoms with E-state index in [2.05, 4.69) is 12.2 Å². The smallest absolute Gasteiger partial charge is 0.341 e. The Bertz CT molecular complexity index is 897. The van der Waals surface area contributed by atoms with Gasteiger partial charge in [0, 0.05) is 10.9 Å². The van der Waals surface area contributed by atoms with Crippen LogP contribution in [-0.4, -0.2) is 25.1 Å². The van der Waals surface area contributed by atoms with Gasteiger partial charge in [-0.2, -0.15) is 0 Å². The van der Waals surface area contributed by atoms with Gasteiger partial charge in [-0.1, -0.05) is 6.92 Å². The predicted octanol–water partition coefficient (Wildman–Crippen LogP) is 4.35. The van der Waals surface area contributed by atoms with Crippen LogP contribution >= 0.6 is 11.3 Å². The number of amides is 1. The van der Waals surface area contributed by atoms with Crippen molar-refractivity contribution >= 4 is 28.2 Å². The molecular formula is C20H21F2NO4S. The summed E-state index contributed by atoms with van der Waals surface area (Å²) in [6.07, 6.45) is 2.57. The number of nitrogens with one attached hydrogen (secondary N) is 1. The van der Waals surface area contributed by atoms with Crippen LogP contribution < -0.4 is 10.1 Å². The third-order valence-electron chi connectivity index (χ3n) is 4.50. The molecule has 3 rings (SSSR count). The second kappa shape index (κ2) is 8.68. The molecule has 28 heavy (non-hydrogen) atoms. The van der Waals surface area contributed by atoms with Crippen molar-refractivity contribution in [2.45, 2.75) is 33.1 Å². The van der Waals surface area contributed by atoms with Gasteiger partial charge >= 0.3 is 5.97 Å². The van der Waals surface area contributed by atoms with Crippen LogP contribution in [0.1, 0.15) is 41.1 Å². The Morgan fingerprint density at radius 3 is 2.82 bits per heavy atom. The molecule has 150 valence electrons. The molecule has 1 unspecified atom stereocenters. The number of hydrogen-bond donors (Lipinski definition) is 1. The minimum atomic E-state index is -0.888. The van der Waals surface area contributed by atoms with E-state index in [1.165, 1.54) is 11.3 Å². The Kier molecular flexibility index (Phi) is 6.28. The molecule has 1 aromatic carbocycles. The number of anilines is 1. The first kappa shape index (κ1) is 20.3. The van der Waals surface area contributed by atoms with Gasteiger partial charge in [0.25, 0.3) is 5.91 Å². The van der Waals surface area contributed by atoms with E-state index in [1.54, 1.807) is 6.92 Å². The van der Waals surface area contributed by atoms with Crippen molar-refractivity contribution in [3.05, 3.63) is 45.8 Å². The minimum Gasteiger partial charge on any atom is -0.481 e. The fourth-order valence-electron chi connectivity index (χ4n) is 3.16. The van der Waals surface area contributed by atoms with Crippen molar-refractivity contribution in [3.8, 4) is 5.75 Å². The molecule has 8 heteroatoms. The largest absolute Gasteiger partial charge is 0.481 e. The number of hydrogen-bond acceptors (Lipinski definition) is 5. The van der Waals surface area contributed by atoms with Gasteiger partial charge in [-0.3, -0.25) is 4.79 Å². The van der Waals surface area contributed by atoms with E-state index >= 15 is 0 Å². The SMILES string of the molecule is CCOC(=O)c1c(NC(=O)COc2ccc(F)cc2F)sc2c1CCC(C)C2. The van der Waals surface area contributed by atoms with Crippen LogP contribution in [0.4, 0.5) is 13.8 Å². The molecule has 1 heterocycles. The van der Waals surface area contributed by atoms with Gasteiger partial charge < -0.3 is 14.8 Å². The second-order valence-electron chi connectivity index (χ2n) is 6.69. The van der Waals surface area contributed by atoms with Gasteiger partial charge in [0.15, 0.2) is 18.2 Å². The first-order valence-electron chi connectivity index (χ1n) is 9.08. The van der Waals surface area contributed by atoms with Crippen LogP contribution in [0.3, 0.4) is 0 Å². The molecule has 2 aromatic rings. The van der Waals surface area contributed by atoms with Crippen molar-refractivity contribution in [3.63, 3.8) is 0 Å². The maximum atomic E-state index is 13.6. The van der Waals surface area contributed by atoms with Gasteiger partial charge in [0.2, 0.25) is 0 Å². The average Bonchev–Trinajstić information content (AvgIpc) is 2.97. The number of fused-ring (bicyclic) bond motifs is 1. The molecule has 1 aliphatic rings. The maximum absolute atomic E-state index is 13.6. The average molecular weight is 409 g/mol. The predicted molar refractivity (Wildman–Crippen MR) is 102 cm³/mol. The molecule has 0 spiro atoms. The molecule has 1 N–H and O–H groups in total. The monoisotopic (exact) mass is 409 g/mol. The first-order valence-corrected chi connectivity index (χ1v) is 9.90. The Hall–Kier alpha value is -2.48. The van der Waals surface area contributed by atoms with E-state index in [9.17, 15) is 18.4 Å². The molecule has 1 atom stereocenters. The van der Waals surface area contributed by atoms with Crippen molar-refractivity contribution in [2.24, 2.45) is 5.92 Å². The fourth-order valence-corrected chi connectivity index (χ4v) is 4.57. The second-order valence-corrected chi connectivity index (χ2v) is 7.79. The summed E-state index contributed by atoms with van der Waals surface area (Å²) in [6, 6.07) is 2.84. The van der Waals surface area contributed by atoms with Crippen LogP contribution in [0.25, 0.3) is 0 Å². The van der Waals surface area contributed by atoms with Crippen LogP contribution in [0.2, 0.25) is 0 Å². The molecule has 1 aromatic heterocycles. The Balaban J connectivity index is 1.75. The highest BCUT2D eigenvalue weighted by Gasteiger charge is 2.29. The maximum Gasteiger partial charge on any atom is 0.341 e. The van der Waals surface area contributed by atoms with Crippen molar-refractivity contribution in [1.82, 2.24) is 0 Å². The number of carbonyl (C=O) groups excluding carboxylic acids is 2. The first-order chi connectivity index (χ1) is 13.4. The Labute approximate surface area is 165 Å². The highest BCUT2D eigenvalue weighted by molar-refractivity contribution is 7.17. The molecule has 0 aliphatic heterocycles. The number of benzene rings is 1. The zero-order valence-corrected chi connectivity index (χ0v) is 16.5. The molecule has 0 saturated heterocycles. The summed E-state index contributed by atoms with van der Waals surface area (Å²) >= 11 is 1.36. The van der Waals surface area contributed by atoms with Crippen LogP contribution in [0.5, 0.6) is 5.75 Å². The van der Waals surface area contributed by atoms with Crippen molar-refractivity contribution in [2.75, 3.05) is 18.5 Å². The van der Waals surface area contributed by atoms with E-state index < -0.39 is 30.1 Å². The lowest BCUT2D eigenvalue weighted by molar-refractivity contribution is -0.118. The van der Waals surface area contributed by atoms with E-state index in [-0.39, 0.29) is 12.4 Å². The van der Waals surface area contributed by atoms with Gasteiger partial charge in [-0.05, 0) is 49.8 Å². The highest BCUT2D eigenvalue weighted by atomic mass is 32.1. The van der Waals surface area contributed by atoms with Crippen molar-refractivity contribution in [1.29, 1.82) is 0 Å². The highest BCUT2D eigenvalue weighted by Crippen LogP contribution is 2.40. The summed E-state index contributed by atoms with van der Waals surface area (Å²) in [5, 5.41) is 3.10. The summed E-state index contributed by atoms with van der Waals surface area (Å²) < 4.78 is 36.8. The molecule has 0 fully saturated rings. The quantitative estimate of drug-likeness (QED) is 0.721. The van der Waals surface area contributed by atoms with Gasteiger partial charge in [0.1, 0.15) is 10.8 Å². The molecule has 1 aliphatic carbocycles. The standard InChI is InChI=1S/C20H21F2NO4S/c1-3-26-20(25)18-13-6-4-11(2)8-16(13)28-19(18)23-17(24)10-27-15-7-5-12(21)9-14(15)22/h5,7,9,11H,3-4,6,8,10H2,1-2H3,(H,23,24). The van der Waals surface area contributed by atoms with Crippen molar-refractivity contribution < 1.29 is 27.8 Å². The molecular weight excluding hydrogens is 388 g/mol. The van der Waals surface area contributed by atoms with Gasteiger partial charge in [-0.15, -0.1) is 11.3 Å². The lowest BCUT2D eigenvalue weighted by atomic mass is 9.88. The summed E-state index contributed by atoms with van der Waals surface area (Å²) in [7, 11) is 0. The molecule has 0 saturated carbocycles. The number of halogens is 2. The summed E-state index contributed by atoms with van der Waals surface area (Å²) in [5.74, 6) is -2.33. The zero-order chi connectivity index (χ0) is 20.3. The van der Waals surface area contributed by atoms with Crippen LogP contribution in [-0.2, 0) is 22.4 Å². The topological polar surface area (TPSA) is 64.6 Å². The third kappa shape index (κ3) is 4.49. The van der Waals surface area contributed by atoms with Gasteiger partial charge in [-0.25, -0.2) is 13.6 Å². The van der Waals surface area contributed by atoms with E-state index in [4.69, 9.17) is 9.47 Å². The summed E-state index contributed by atoms with van der Waals surface area (Å²) in [5.41, 5.74) is 1.33. The van der Waals surface area contributed by atoms with E-state index in [1.807, 2.05) is 0 Å². The summed E-state index contributed by atoms with van der Waals surface area (Å²) in [4.78, 5) is 25.8. The van der Waals surface area contributed by atoms with E-state index in [0.29, 0.717) is 22.5 Å². The number of rotatable bonds is 6. The number of ether oxygens (including phenoxy) is 2. The van der Waals surface area contributed by atoms with Crippen LogP contribution in [0.15, 0.2) is 18.2 Å². The fraction of sp³-hybridized carbons (Fsp3) is 0.400. The van der Waals surface area contributed by atoms with Crippen LogP contribution in [0, 0.1) is 17.6 Å². The number of carbonyl (C=O) groups is 2. The zero-order valence-electron chi connectivity index (χ0n) is 15.6. The third-order valence-corrected chi connectivity index (χ3v) is 5.67. The lowest BCUT2D eigenvalue weighted by Gasteiger charge is -2.18.